The number of hydrogen-bond acceptors (Lipinski definition) is 21. The molecule has 0 radical (unpaired) electrons. The van der Waals surface area contributed by atoms with E-state index < -0.39 is 66.2 Å². The van der Waals surface area contributed by atoms with Gasteiger partial charge >= 0.3 is 36.4 Å². The first kappa shape index (κ1) is 92.2. The Morgan fingerprint density at radius 2 is 0.868 bits per heavy atom. The maximum absolute atomic E-state index is 14.0. The number of alkyl carbamates (subject to hydrolysis) is 4. The van der Waals surface area contributed by atoms with Crippen molar-refractivity contribution in [2.24, 2.45) is 29.6 Å². The molecule has 0 aliphatic carbocycles. The second kappa shape index (κ2) is 38.1. The SMILES string of the molecule is COC(=O)NC(C(=O)O)C(C)C.COC(=O)N[C@H](C(=O)N1C[C@@H](C)CC1c1ncc(-c2ccc3c(c2)COc2cc4c(ccc5[nH]c([C@@H]6CC[C@H](C)N6C(=O)[C@@H](NC(=O)OC)C(C)C)nc54)cc2-3)[nH]1)C(C)C.COC(=O)N[C@H](C(=O)N1[C@@H](C)CC[C@H]1c1nc2c(ccc3cc4c(cc32)OCc2cc(-c3cnc(C5C[C@H](C)CN5C(=O)OC(C)(C)C)[nH]3)ccc2-4)[nH]1)[C@@H](C)OC. The number of carboxylic acids is 1. The average Bonchev–Trinajstić information content (AvgIpc) is 1.67. The molecule has 16 rings (SSSR count). The van der Waals surface area contributed by atoms with Gasteiger partial charge in [-0.15, -0.1) is 0 Å². The van der Waals surface area contributed by atoms with E-state index in [9.17, 15) is 43.2 Å². The fraction of sp³-hybridized carbons (Fsp3) is 0.484. The number of likely N-dealkylation sites (tertiary alicyclic amines) is 4. The summed E-state index contributed by atoms with van der Waals surface area (Å²) < 4.78 is 42.7. The molecule has 686 valence electrons. The van der Waals surface area contributed by atoms with Crippen molar-refractivity contribution in [1.82, 2.24) is 80.7 Å². The number of methoxy groups -OCH3 is 5. The molecule has 10 aromatic rings. The zero-order valence-corrected chi connectivity index (χ0v) is 76.5. The summed E-state index contributed by atoms with van der Waals surface area (Å²) in [5.41, 5.74) is 12.7. The van der Waals surface area contributed by atoms with E-state index >= 15 is 0 Å². The summed E-state index contributed by atoms with van der Waals surface area (Å²) in [5, 5.41) is 22.9. The van der Waals surface area contributed by atoms with E-state index in [4.69, 9.17) is 58.2 Å². The van der Waals surface area contributed by atoms with Gasteiger partial charge in [0.2, 0.25) is 17.7 Å². The molecule has 4 aromatic heterocycles. The molecule has 6 aliphatic rings. The molecular weight excluding hydrogens is 1650 g/mol. The van der Waals surface area contributed by atoms with Crippen molar-refractivity contribution in [2.75, 3.05) is 48.6 Å². The number of fused-ring (bicyclic) bond motifs is 12. The Hall–Kier alpha value is -13.0. The minimum atomic E-state index is -1.06. The van der Waals surface area contributed by atoms with Crippen LogP contribution in [0.4, 0.5) is 24.0 Å². The number of nitrogens with one attached hydrogen (secondary N) is 8. The van der Waals surface area contributed by atoms with E-state index in [0.717, 1.165) is 155 Å². The first-order valence-corrected chi connectivity index (χ1v) is 44.1. The molecule has 34 heteroatoms. The summed E-state index contributed by atoms with van der Waals surface area (Å²) in [6.07, 6.45) is 4.70. The molecule has 129 heavy (non-hydrogen) atoms. The van der Waals surface area contributed by atoms with Crippen molar-refractivity contribution in [3.05, 3.63) is 132 Å². The normalized spacial score (nSPS) is 20.4. The summed E-state index contributed by atoms with van der Waals surface area (Å²) in [4.78, 5) is 153. The number of rotatable bonds is 19. The van der Waals surface area contributed by atoms with Crippen LogP contribution in [0.25, 0.3) is 88.4 Å². The fourth-order valence-electron chi connectivity index (χ4n) is 18.5. The van der Waals surface area contributed by atoms with Crippen LogP contribution in [0.1, 0.15) is 194 Å². The van der Waals surface area contributed by atoms with Crippen LogP contribution in [0.3, 0.4) is 0 Å². The minimum absolute atomic E-state index is 0.0255. The third-order valence-corrected chi connectivity index (χ3v) is 25.3. The molecule has 4 saturated heterocycles. The van der Waals surface area contributed by atoms with E-state index in [1.807, 2.05) is 102 Å². The van der Waals surface area contributed by atoms with E-state index in [-0.39, 0.29) is 83.7 Å². The number of imidazole rings is 4. The lowest BCUT2D eigenvalue weighted by atomic mass is 9.92. The Balaban J connectivity index is 0.000000185. The number of hydrogen-bond donors (Lipinski definition) is 9. The molecule has 8 amide bonds. The number of nitrogens with zero attached hydrogens (tertiary/aromatic N) is 8. The van der Waals surface area contributed by atoms with Gasteiger partial charge in [0, 0.05) is 54.2 Å². The zero-order valence-electron chi connectivity index (χ0n) is 76.5. The average molecular weight is 1770 g/mol. The van der Waals surface area contributed by atoms with Crippen molar-refractivity contribution in [2.45, 2.75) is 221 Å². The van der Waals surface area contributed by atoms with Crippen LogP contribution in [0.2, 0.25) is 0 Å². The highest BCUT2D eigenvalue weighted by Gasteiger charge is 2.46. The summed E-state index contributed by atoms with van der Waals surface area (Å²) >= 11 is 0. The molecule has 0 spiro atoms. The summed E-state index contributed by atoms with van der Waals surface area (Å²) in [6, 6.07) is 25.0. The van der Waals surface area contributed by atoms with Gasteiger partial charge in [-0.05, 0) is 202 Å². The smallest absolute Gasteiger partial charge is 0.410 e. The van der Waals surface area contributed by atoms with E-state index in [1.54, 1.807) is 25.7 Å². The van der Waals surface area contributed by atoms with Gasteiger partial charge in [0.15, 0.2) is 0 Å². The quantitative estimate of drug-likeness (QED) is 0.0340. The molecule has 3 unspecified atom stereocenters. The maximum Gasteiger partial charge on any atom is 0.410 e. The lowest BCUT2D eigenvalue weighted by Crippen LogP contribution is -2.55. The van der Waals surface area contributed by atoms with Crippen LogP contribution in [0.15, 0.2) is 97.3 Å². The molecule has 0 saturated carbocycles. The predicted molar refractivity (Wildman–Crippen MR) is 482 cm³/mol. The molecule has 0 bridgehead atoms. The van der Waals surface area contributed by atoms with Crippen molar-refractivity contribution in [3.8, 4) is 56.3 Å². The molecule has 4 fully saturated rings. The van der Waals surface area contributed by atoms with Gasteiger partial charge in [-0.1, -0.05) is 91.8 Å². The molecular formula is C95H118N16O18. The van der Waals surface area contributed by atoms with E-state index in [0.29, 0.717) is 49.7 Å². The zero-order chi connectivity index (χ0) is 92.6. The lowest BCUT2D eigenvalue weighted by molar-refractivity contribution is -0.141. The number of ether oxygens (including phenoxy) is 8. The van der Waals surface area contributed by atoms with Gasteiger partial charge < -0.3 is 98.9 Å². The highest BCUT2D eigenvalue weighted by Crippen LogP contribution is 2.48. The number of carbonyl (C=O) groups is 9. The molecule has 13 atom stereocenters. The topological polar surface area (TPSA) is 424 Å². The number of aromatic amines is 4. The number of aliphatic carboxylic acids is 1. The number of H-pyrrole nitrogens is 4. The van der Waals surface area contributed by atoms with Gasteiger partial charge in [0.05, 0.1) is 105 Å². The summed E-state index contributed by atoms with van der Waals surface area (Å²) in [6.45, 7) is 28.7. The monoisotopic (exact) mass is 1770 g/mol. The van der Waals surface area contributed by atoms with Crippen LogP contribution in [-0.4, -0.2) is 215 Å². The molecule has 34 nitrogen and oxygen atoms in total. The first-order chi connectivity index (χ1) is 61.5. The Morgan fingerprint density at radius 1 is 0.465 bits per heavy atom. The number of amides is 8. The van der Waals surface area contributed by atoms with Crippen molar-refractivity contribution in [3.63, 3.8) is 0 Å². The second-order valence-electron chi connectivity index (χ2n) is 36.7. The predicted octanol–water partition coefficient (Wildman–Crippen LogP) is 15.6. The standard InChI is InChI=1S/C45H54N8O7.C43H51N7O7.C7H13NO4/c1-22(2)37(50-44(56)58-7)42(54)52-20-24(5)15-35(52)40-46-19-33(48-40)27-10-12-29-28(16-27)21-60-36-18-30-26(17-31(29)36)11-13-32-39(30)49-41(47-32)34-14-9-25(6)53(34)43(55)38(23(3)4)51-45(57)59-8;1-22-15-34(49(20-22)42(53)57-43(4,5)6)38-44-19-32(46-38)26-10-12-28-27(16-26)21-56-35-18-29-25(17-30(28)35)11-13-31-37(29)47-39(45-31)33-14-9-23(2)50(33)40(51)36(24(3)54-7)48-41(52)55-8;1-4(2)5(6(9)10)8-7(11)12-3/h10-13,16-19,22-25,34-35,37-38H,9,14-15,20-21H2,1-8H3,(H,46,48)(H,47,49)(H,50,56)(H,51,57);10-13,16-19,22-24,33-34,36H,9,14-15,20-21H2,1-8H3,(H,44,46)(H,45,47)(H,48,52);4-5H,1-3H3,(H,8,11)(H,9,10)/t24-,25-,34-,35?,37-,38-;22-,23-,24+,33-,34?,36-;/m00./s1. The minimum Gasteiger partial charge on any atom is -0.488 e. The first-order valence-electron chi connectivity index (χ1n) is 44.1. The summed E-state index contributed by atoms with van der Waals surface area (Å²) in [7, 11) is 6.55. The Bertz CT molecular complexity index is 5910. The number of benzene rings is 6. The van der Waals surface area contributed by atoms with Crippen molar-refractivity contribution < 1.29 is 86.2 Å². The third kappa shape index (κ3) is 19.3. The number of aromatic nitrogens is 8. The van der Waals surface area contributed by atoms with Gasteiger partial charge in [-0.2, -0.15) is 0 Å². The van der Waals surface area contributed by atoms with Gasteiger partial charge in [0.25, 0.3) is 0 Å². The second-order valence-corrected chi connectivity index (χ2v) is 36.7. The van der Waals surface area contributed by atoms with Gasteiger partial charge in [0.1, 0.15) is 77.8 Å². The fourth-order valence-corrected chi connectivity index (χ4v) is 18.5. The molecule has 6 aliphatic heterocycles. The van der Waals surface area contributed by atoms with Crippen LogP contribution in [0, 0.1) is 29.6 Å². The summed E-state index contributed by atoms with van der Waals surface area (Å²) in [5.74, 6) is 2.96. The molecule has 6 aromatic carbocycles. The van der Waals surface area contributed by atoms with Crippen LogP contribution < -0.4 is 30.7 Å². The molecule has 9 N–H and O–H groups in total. The number of carboxylic acid groups (broad SMARTS) is 1. The maximum atomic E-state index is 14.0. The van der Waals surface area contributed by atoms with E-state index in [1.165, 1.54) is 35.5 Å². The number of carbonyl (C=O) groups excluding carboxylic acids is 8. The molecule has 10 heterocycles. The Labute approximate surface area is 748 Å². The van der Waals surface area contributed by atoms with Gasteiger partial charge in [-0.25, -0.2) is 48.7 Å². The van der Waals surface area contributed by atoms with Gasteiger partial charge in [-0.3, -0.25) is 19.3 Å². The van der Waals surface area contributed by atoms with Crippen molar-refractivity contribution in [1.29, 1.82) is 0 Å². The highest BCUT2D eigenvalue weighted by molar-refractivity contribution is 6.08. The third-order valence-electron chi connectivity index (χ3n) is 25.3. The highest BCUT2D eigenvalue weighted by atomic mass is 16.6. The van der Waals surface area contributed by atoms with Crippen molar-refractivity contribution >= 4 is 97.8 Å². The Kier molecular flexibility index (Phi) is 27.2. The van der Waals surface area contributed by atoms with Crippen LogP contribution in [-0.2, 0) is 60.8 Å². The van der Waals surface area contributed by atoms with Crippen LogP contribution >= 0.6 is 0 Å². The van der Waals surface area contributed by atoms with Crippen LogP contribution in [0.5, 0.6) is 11.5 Å². The lowest BCUT2D eigenvalue weighted by Gasteiger charge is -2.33. The largest absolute Gasteiger partial charge is 0.488 e. The Morgan fingerprint density at radius 3 is 1.28 bits per heavy atom. The van der Waals surface area contributed by atoms with E-state index in [2.05, 4.69) is 133 Å².